The lowest BCUT2D eigenvalue weighted by molar-refractivity contribution is 0.0871. The lowest BCUT2D eigenvalue weighted by Gasteiger charge is -2.41. The van der Waals surface area contributed by atoms with Crippen molar-refractivity contribution in [2.24, 2.45) is 0 Å². The molecule has 1 aliphatic rings. The lowest BCUT2D eigenvalue weighted by atomic mass is 9.88. The average Bonchev–Trinajstić information content (AvgIpc) is 2.49. The second-order valence-electron chi connectivity index (χ2n) is 6.27. The largest absolute Gasteiger partial charge is 0.504 e. The fourth-order valence-electron chi connectivity index (χ4n) is 3.45. The van der Waals surface area contributed by atoms with Gasteiger partial charge in [0.15, 0.2) is 11.5 Å². The minimum Gasteiger partial charge on any atom is -0.504 e. The van der Waals surface area contributed by atoms with Crippen molar-refractivity contribution in [2.75, 3.05) is 28.3 Å². The van der Waals surface area contributed by atoms with Gasteiger partial charge in [0.1, 0.15) is 0 Å². The van der Waals surface area contributed by atoms with Crippen LogP contribution in [0, 0.1) is 0 Å². The number of phenols is 1. The van der Waals surface area contributed by atoms with Crippen LogP contribution in [0.1, 0.15) is 31.2 Å². The molecule has 0 radical (unpaired) electrons. The fourth-order valence-corrected chi connectivity index (χ4v) is 3.45. The molecule has 0 amide bonds. The molecule has 4 heteroatoms. The highest BCUT2D eigenvalue weighted by atomic mass is 16.5. The summed E-state index contributed by atoms with van der Waals surface area (Å²) < 4.78 is 5.20. The number of hydrogen-bond acceptors (Lipinski definition) is 4. The van der Waals surface area contributed by atoms with Crippen LogP contribution in [-0.4, -0.2) is 55.2 Å². The third-order valence-electron chi connectivity index (χ3n) is 4.65. The first kappa shape index (κ1) is 16.1. The van der Waals surface area contributed by atoms with Gasteiger partial charge in [-0.3, -0.25) is 4.90 Å². The Morgan fingerprint density at radius 2 is 1.81 bits per heavy atom. The fraction of sp³-hybridized carbons (Fsp3) is 0.647. The number of para-hydroxylation sites is 1. The predicted octanol–water partition coefficient (Wildman–Crippen LogP) is 2.71. The molecule has 1 fully saturated rings. The molecule has 21 heavy (non-hydrogen) atoms. The van der Waals surface area contributed by atoms with Crippen molar-refractivity contribution in [3.63, 3.8) is 0 Å². The Morgan fingerprint density at radius 3 is 2.43 bits per heavy atom. The third kappa shape index (κ3) is 3.69. The highest BCUT2D eigenvalue weighted by Crippen LogP contribution is 2.32. The Balaban J connectivity index is 2.11. The van der Waals surface area contributed by atoms with Crippen LogP contribution in [0.25, 0.3) is 0 Å². The highest BCUT2D eigenvalue weighted by molar-refractivity contribution is 5.45. The predicted molar refractivity (Wildman–Crippen MR) is 85.9 cm³/mol. The molecule has 1 aromatic rings. The van der Waals surface area contributed by atoms with Gasteiger partial charge in [0.05, 0.1) is 7.11 Å². The zero-order chi connectivity index (χ0) is 15.4. The Morgan fingerprint density at radius 1 is 1.14 bits per heavy atom. The number of hydrogen-bond donors (Lipinski definition) is 1. The van der Waals surface area contributed by atoms with E-state index in [4.69, 9.17) is 4.74 Å². The number of aromatic hydroxyl groups is 1. The van der Waals surface area contributed by atoms with E-state index in [2.05, 4.69) is 30.9 Å². The SMILES string of the molecule is COc1cccc(CN(C)[C@@H]2CCCC[C@H]2N(C)C)c1O. The van der Waals surface area contributed by atoms with Gasteiger partial charge in [0, 0.05) is 24.2 Å². The van der Waals surface area contributed by atoms with Crippen molar-refractivity contribution < 1.29 is 9.84 Å². The summed E-state index contributed by atoms with van der Waals surface area (Å²) in [5, 5.41) is 10.2. The number of methoxy groups -OCH3 is 1. The minimum atomic E-state index is 0.268. The molecule has 1 saturated carbocycles. The number of likely N-dealkylation sites (N-methyl/N-ethyl adjacent to an activating group) is 2. The number of ether oxygens (including phenoxy) is 1. The summed E-state index contributed by atoms with van der Waals surface area (Å²) in [6.07, 6.45) is 5.09. The molecule has 0 aliphatic heterocycles. The summed E-state index contributed by atoms with van der Waals surface area (Å²) in [5.74, 6) is 0.817. The van der Waals surface area contributed by atoms with Crippen LogP contribution < -0.4 is 4.74 Å². The molecule has 2 rings (SSSR count). The van der Waals surface area contributed by atoms with Gasteiger partial charge < -0.3 is 14.7 Å². The number of nitrogens with zero attached hydrogens (tertiary/aromatic N) is 2. The number of rotatable bonds is 5. The second kappa shape index (κ2) is 7.14. The van der Waals surface area contributed by atoms with E-state index in [9.17, 15) is 5.11 Å². The van der Waals surface area contributed by atoms with Crippen molar-refractivity contribution in [1.29, 1.82) is 0 Å². The van der Waals surface area contributed by atoms with E-state index in [1.807, 2.05) is 12.1 Å². The molecule has 0 heterocycles. The van der Waals surface area contributed by atoms with E-state index in [0.29, 0.717) is 17.8 Å². The van der Waals surface area contributed by atoms with Crippen LogP contribution in [0.15, 0.2) is 18.2 Å². The van der Waals surface area contributed by atoms with Crippen LogP contribution in [0.3, 0.4) is 0 Å². The van der Waals surface area contributed by atoms with E-state index in [-0.39, 0.29) is 5.75 Å². The standard InChI is InChI=1S/C17H28N2O2/c1-18(2)14-9-5-6-10-15(14)19(3)12-13-8-7-11-16(21-4)17(13)20/h7-8,11,14-15,20H,5-6,9-10,12H2,1-4H3/t14-,15-/m1/s1. The van der Waals surface area contributed by atoms with Gasteiger partial charge in [0.25, 0.3) is 0 Å². The second-order valence-corrected chi connectivity index (χ2v) is 6.27. The van der Waals surface area contributed by atoms with Gasteiger partial charge >= 0.3 is 0 Å². The molecule has 1 aromatic carbocycles. The maximum absolute atomic E-state index is 10.2. The van der Waals surface area contributed by atoms with Crippen molar-refractivity contribution in [1.82, 2.24) is 9.80 Å². The van der Waals surface area contributed by atoms with E-state index in [0.717, 1.165) is 12.1 Å². The van der Waals surface area contributed by atoms with Crippen LogP contribution >= 0.6 is 0 Å². The van der Waals surface area contributed by atoms with Gasteiger partial charge in [-0.25, -0.2) is 0 Å². The van der Waals surface area contributed by atoms with Crippen LogP contribution in [0.4, 0.5) is 0 Å². The highest BCUT2D eigenvalue weighted by Gasteiger charge is 2.30. The first-order valence-electron chi connectivity index (χ1n) is 7.76. The first-order chi connectivity index (χ1) is 10.0. The summed E-state index contributed by atoms with van der Waals surface area (Å²) in [5.41, 5.74) is 0.930. The molecular weight excluding hydrogens is 264 g/mol. The van der Waals surface area contributed by atoms with Crippen LogP contribution in [0.2, 0.25) is 0 Å². The number of phenolic OH excluding ortho intramolecular Hbond substituents is 1. The summed E-state index contributed by atoms with van der Waals surface area (Å²) in [7, 11) is 8.08. The zero-order valence-electron chi connectivity index (χ0n) is 13.7. The molecule has 118 valence electrons. The van der Waals surface area contributed by atoms with E-state index >= 15 is 0 Å². The Bertz CT molecular complexity index is 462. The Labute approximate surface area is 128 Å². The molecule has 1 aliphatic carbocycles. The smallest absolute Gasteiger partial charge is 0.162 e. The van der Waals surface area contributed by atoms with Gasteiger partial charge in [-0.2, -0.15) is 0 Å². The van der Waals surface area contributed by atoms with Crippen molar-refractivity contribution >= 4 is 0 Å². The number of benzene rings is 1. The maximum atomic E-state index is 10.2. The minimum absolute atomic E-state index is 0.268. The van der Waals surface area contributed by atoms with Gasteiger partial charge in [-0.05, 0) is 40.1 Å². The molecule has 0 aromatic heterocycles. The van der Waals surface area contributed by atoms with Gasteiger partial charge in [0.2, 0.25) is 0 Å². The zero-order valence-corrected chi connectivity index (χ0v) is 13.7. The molecular formula is C17H28N2O2. The van der Waals surface area contributed by atoms with E-state index in [1.54, 1.807) is 13.2 Å². The van der Waals surface area contributed by atoms with Crippen molar-refractivity contribution in [2.45, 2.75) is 44.3 Å². The van der Waals surface area contributed by atoms with Gasteiger partial charge in [-0.1, -0.05) is 25.0 Å². The summed E-state index contributed by atoms with van der Waals surface area (Å²) >= 11 is 0. The average molecular weight is 292 g/mol. The Hall–Kier alpha value is -1.26. The molecule has 4 nitrogen and oxygen atoms in total. The molecule has 0 saturated heterocycles. The topological polar surface area (TPSA) is 35.9 Å². The van der Waals surface area contributed by atoms with Gasteiger partial charge in [-0.15, -0.1) is 0 Å². The van der Waals surface area contributed by atoms with E-state index < -0.39 is 0 Å². The summed E-state index contributed by atoms with van der Waals surface area (Å²) in [6, 6.07) is 6.84. The molecule has 1 N–H and O–H groups in total. The van der Waals surface area contributed by atoms with E-state index in [1.165, 1.54) is 25.7 Å². The summed E-state index contributed by atoms with van der Waals surface area (Å²) in [6.45, 7) is 0.748. The lowest BCUT2D eigenvalue weighted by Crippen LogP contribution is -2.49. The molecule has 2 atom stereocenters. The van der Waals surface area contributed by atoms with Crippen LogP contribution in [0.5, 0.6) is 11.5 Å². The molecule has 0 unspecified atom stereocenters. The normalized spacial score (nSPS) is 22.8. The Kier molecular flexibility index (Phi) is 5.48. The summed E-state index contributed by atoms with van der Waals surface area (Å²) in [4.78, 5) is 4.71. The molecule has 0 bridgehead atoms. The first-order valence-corrected chi connectivity index (χ1v) is 7.76. The van der Waals surface area contributed by atoms with Crippen molar-refractivity contribution in [3.8, 4) is 11.5 Å². The van der Waals surface area contributed by atoms with Crippen molar-refractivity contribution in [3.05, 3.63) is 23.8 Å². The maximum Gasteiger partial charge on any atom is 0.162 e. The monoisotopic (exact) mass is 292 g/mol. The quantitative estimate of drug-likeness (QED) is 0.905. The molecule has 0 spiro atoms. The third-order valence-corrected chi connectivity index (χ3v) is 4.65. The van der Waals surface area contributed by atoms with Crippen LogP contribution in [-0.2, 0) is 6.54 Å².